The minimum absolute atomic E-state index is 0.00449. The molecule has 0 saturated carbocycles. The third kappa shape index (κ3) is 2.03. The van der Waals surface area contributed by atoms with Gasteiger partial charge in [-0.25, -0.2) is 4.79 Å². The maximum absolute atomic E-state index is 11.2. The molecule has 0 aromatic heterocycles. The molecule has 1 aliphatic heterocycles. The summed E-state index contributed by atoms with van der Waals surface area (Å²) in [6, 6.07) is 7.83. The van der Waals surface area contributed by atoms with Gasteiger partial charge in [-0.15, -0.1) is 0 Å². The average Bonchev–Trinajstić information content (AvgIpc) is 2.22. The van der Waals surface area contributed by atoms with Crippen LogP contribution in [0, 0.1) is 0 Å². The molecule has 2 amide bonds. The van der Waals surface area contributed by atoms with Gasteiger partial charge >= 0.3 is 6.03 Å². The second kappa shape index (κ2) is 3.81. The minimum Gasteiger partial charge on any atom is -0.399 e. The number of nitrogens with one attached hydrogen (secondary N) is 1. The highest BCUT2D eigenvalue weighted by Gasteiger charge is 2.23. The number of carbonyl (C=O) groups is 1. The number of likely N-dealkylation sites (N-methyl/N-ethyl adjacent to an activating group) is 1. The van der Waals surface area contributed by atoms with Crippen LogP contribution in [0.2, 0.25) is 0 Å². The monoisotopic (exact) mass is 205 g/mol. The number of hydrogen-bond acceptors (Lipinski definition) is 2. The number of nitrogens with two attached hydrogens (primary N) is 1. The van der Waals surface area contributed by atoms with E-state index >= 15 is 0 Å². The fraction of sp³-hybridized carbons (Fsp3) is 0.364. The van der Waals surface area contributed by atoms with Crippen molar-refractivity contribution in [2.75, 3.05) is 25.9 Å². The first-order valence-corrected chi connectivity index (χ1v) is 5.01. The number of nitrogens with zero attached hydrogens (tertiary/aromatic N) is 1. The topological polar surface area (TPSA) is 58.4 Å². The molecule has 0 spiro atoms. The number of nitrogen functional groups attached to an aromatic ring is 1. The van der Waals surface area contributed by atoms with Gasteiger partial charge in [-0.3, -0.25) is 0 Å². The Bertz CT molecular complexity index is 378. The molecule has 3 N–H and O–H groups in total. The first-order chi connectivity index (χ1) is 7.16. The zero-order chi connectivity index (χ0) is 10.8. The molecule has 0 bridgehead atoms. The van der Waals surface area contributed by atoms with Crippen molar-refractivity contribution in [1.82, 2.24) is 10.2 Å². The Kier molecular flexibility index (Phi) is 2.49. The van der Waals surface area contributed by atoms with Gasteiger partial charge in [0.1, 0.15) is 0 Å². The quantitative estimate of drug-likeness (QED) is 0.672. The molecule has 1 aromatic rings. The Morgan fingerprint density at radius 3 is 3.00 bits per heavy atom. The van der Waals surface area contributed by atoms with Gasteiger partial charge in [0, 0.05) is 31.7 Å². The van der Waals surface area contributed by atoms with Gasteiger partial charge in [0.15, 0.2) is 0 Å². The molecule has 1 heterocycles. The molecule has 4 nitrogen and oxygen atoms in total. The van der Waals surface area contributed by atoms with E-state index in [1.54, 1.807) is 11.9 Å². The van der Waals surface area contributed by atoms with Crippen LogP contribution in [-0.2, 0) is 0 Å². The molecule has 80 valence electrons. The minimum atomic E-state index is -0.00449. The molecular formula is C11H15N3O. The van der Waals surface area contributed by atoms with Crippen LogP contribution < -0.4 is 11.1 Å². The molecular weight excluding hydrogens is 190 g/mol. The Labute approximate surface area is 89.1 Å². The second-order valence-electron chi connectivity index (χ2n) is 3.93. The van der Waals surface area contributed by atoms with Crippen molar-refractivity contribution in [3.8, 4) is 0 Å². The van der Waals surface area contributed by atoms with E-state index in [-0.39, 0.29) is 6.03 Å². The van der Waals surface area contributed by atoms with Crippen molar-refractivity contribution in [3.05, 3.63) is 29.8 Å². The number of benzene rings is 1. The van der Waals surface area contributed by atoms with Crippen LogP contribution in [0.25, 0.3) is 0 Å². The lowest BCUT2D eigenvalue weighted by atomic mass is 9.97. The molecule has 2 rings (SSSR count). The highest BCUT2D eigenvalue weighted by molar-refractivity contribution is 5.75. The molecule has 1 aromatic carbocycles. The molecule has 1 unspecified atom stereocenters. The van der Waals surface area contributed by atoms with Crippen LogP contribution in [0.4, 0.5) is 10.5 Å². The Balaban J connectivity index is 2.15. The van der Waals surface area contributed by atoms with Crippen molar-refractivity contribution in [2.24, 2.45) is 0 Å². The summed E-state index contributed by atoms with van der Waals surface area (Å²) in [6.45, 7) is 1.43. The fourth-order valence-electron chi connectivity index (χ4n) is 1.86. The Hall–Kier alpha value is -1.71. The lowest BCUT2D eigenvalue weighted by molar-refractivity contribution is 0.193. The smallest absolute Gasteiger partial charge is 0.317 e. The standard InChI is InChI=1S/C11H15N3O/c1-14-7-9(6-13-11(14)15)8-3-2-4-10(12)5-8/h2-5,9H,6-7,12H2,1H3,(H,13,15). The molecule has 4 heteroatoms. The lowest BCUT2D eigenvalue weighted by Gasteiger charge is -2.30. The molecule has 0 aliphatic carbocycles. The summed E-state index contributed by atoms with van der Waals surface area (Å²) in [5.74, 6) is 0.330. The van der Waals surface area contributed by atoms with Crippen LogP contribution in [0.3, 0.4) is 0 Å². The Morgan fingerprint density at radius 2 is 2.33 bits per heavy atom. The largest absolute Gasteiger partial charge is 0.399 e. The van der Waals surface area contributed by atoms with Crippen molar-refractivity contribution < 1.29 is 4.79 Å². The number of hydrogen-bond donors (Lipinski definition) is 2. The number of rotatable bonds is 1. The van der Waals surface area contributed by atoms with E-state index in [0.717, 1.165) is 12.2 Å². The highest BCUT2D eigenvalue weighted by Crippen LogP contribution is 2.20. The summed E-state index contributed by atoms with van der Waals surface area (Å²) in [4.78, 5) is 12.9. The predicted molar refractivity (Wildman–Crippen MR) is 59.6 cm³/mol. The van der Waals surface area contributed by atoms with Gasteiger partial charge in [-0.1, -0.05) is 12.1 Å². The average molecular weight is 205 g/mol. The van der Waals surface area contributed by atoms with E-state index in [1.807, 2.05) is 24.3 Å². The van der Waals surface area contributed by atoms with Gasteiger partial charge in [-0.05, 0) is 17.7 Å². The van der Waals surface area contributed by atoms with Gasteiger partial charge in [-0.2, -0.15) is 0 Å². The number of carbonyl (C=O) groups excluding carboxylic acids is 1. The third-order valence-corrected chi connectivity index (χ3v) is 2.72. The van der Waals surface area contributed by atoms with Crippen LogP contribution >= 0.6 is 0 Å². The van der Waals surface area contributed by atoms with Gasteiger partial charge in [0.05, 0.1) is 0 Å². The lowest BCUT2D eigenvalue weighted by Crippen LogP contribution is -2.48. The highest BCUT2D eigenvalue weighted by atomic mass is 16.2. The molecule has 1 fully saturated rings. The molecule has 1 aliphatic rings. The van der Waals surface area contributed by atoms with Crippen molar-refractivity contribution >= 4 is 11.7 Å². The van der Waals surface area contributed by atoms with E-state index in [2.05, 4.69) is 5.32 Å². The van der Waals surface area contributed by atoms with E-state index in [1.165, 1.54) is 5.56 Å². The second-order valence-corrected chi connectivity index (χ2v) is 3.93. The summed E-state index contributed by atoms with van der Waals surface area (Å²) in [7, 11) is 1.80. The predicted octanol–water partition coefficient (Wildman–Crippen LogP) is 1.01. The molecule has 1 saturated heterocycles. The summed E-state index contributed by atoms with van der Waals surface area (Å²) < 4.78 is 0. The van der Waals surface area contributed by atoms with E-state index < -0.39 is 0 Å². The summed E-state index contributed by atoms with van der Waals surface area (Å²) in [5, 5.41) is 2.85. The first kappa shape index (κ1) is 9.83. The first-order valence-electron chi connectivity index (χ1n) is 5.01. The maximum atomic E-state index is 11.2. The summed E-state index contributed by atoms with van der Waals surface area (Å²) >= 11 is 0. The van der Waals surface area contributed by atoms with Gasteiger partial charge in [0.2, 0.25) is 0 Å². The molecule has 15 heavy (non-hydrogen) atoms. The normalized spacial score (nSPS) is 21.3. The van der Waals surface area contributed by atoms with Crippen LogP contribution in [-0.4, -0.2) is 31.1 Å². The van der Waals surface area contributed by atoms with Gasteiger partial charge in [0.25, 0.3) is 0 Å². The van der Waals surface area contributed by atoms with Crippen LogP contribution in [0.15, 0.2) is 24.3 Å². The maximum Gasteiger partial charge on any atom is 0.317 e. The van der Waals surface area contributed by atoms with Crippen molar-refractivity contribution in [2.45, 2.75) is 5.92 Å². The molecule has 0 radical (unpaired) electrons. The Morgan fingerprint density at radius 1 is 1.53 bits per heavy atom. The number of anilines is 1. The van der Waals surface area contributed by atoms with Crippen molar-refractivity contribution in [1.29, 1.82) is 0 Å². The van der Waals surface area contributed by atoms with E-state index in [0.29, 0.717) is 12.5 Å². The zero-order valence-electron chi connectivity index (χ0n) is 8.73. The SMILES string of the molecule is CN1CC(c2cccc(N)c2)CNC1=O. The summed E-state index contributed by atoms with van der Waals surface area (Å²) in [5.41, 5.74) is 7.68. The van der Waals surface area contributed by atoms with Crippen LogP contribution in [0.1, 0.15) is 11.5 Å². The van der Waals surface area contributed by atoms with Gasteiger partial charge < -0.3 is 16.0 Å². The van der Waals surface area contributed by atoms with Crippen LogP contribution in [0.5, 0.6) is 0 Å². The zero-order valence-corrected chi connectivity index (χ0v) is 8.73. The molecule has 1 atom stereocenters. The number of urea groups is 1. The fourth-order valence-corrected chi connectivity index (χ4v) is 1.86. The van der Waals surface area contributed by atoms with Crippen molar-refractivity contribution in [3.63, 3.8) is 0 Å². The van der Waals surface area contributed by atoms with E-state index in [9.17, 15) is 4.79 Å². The van der Waals surface area contributed by atoms with E-state index in [4.69, 9.17) is 5.73 Å². The third-order valence-electron chi connectivity index (χ3n) is 2.72. The number of amides is 2. The summed E-state index contributed by atoms with van der Waals surface area (Å²) in [6.07, 6.45) is 0.